The molecule has 1 aromatic carbocycles. The first kappa shape index (κ1) is 9.19. The molecule has 3 heteroatoms. The maximum Gasteiger partial charge on any atom is 0.0702 e. The lowest BCUT2D eigenvalue weighted by Gasteiger charge is -2.31. The van der Waals surface area contributed by atoms with Gasteiger partial charge in [0.2, 0.25) is 0 Å². The molecule has 80 valence electrons. The number of hydrogen-bond acceptors (Lipinski definition) is 3. The number of benzene rings is 1. The second kappa shape index (κ2) is 3.51. The summed E-state index contributed by atoms with van der Waals surface area (Å²) in [5.41, 5.74) is 2.26. The van der Waals surface area contributed by atoms with Gasteiger partial charge in [0.05, 0.1) is 6.61 Å². The number of hydrogen-bond donors (Lipinski definition) is 2. The SMILES string of the molecule is OCc1ccccc1N1C[C@@H]2C[C@H]1CN2. The molecular formula is C12H16N2O. The van der Waals surface area contributed by atoms with E-state index in [9.17, 15) is 5.11 Å². The van der Waals surface area contributed by atoms with Gasteiger partial charge in [-0.1, -0.05) is 18.2 Å². The molecule has 0 amide bonds. The number of para-hydroxylation sites is 1. The van der Waals surface area contributed by atoms with Gasteiger partial charge in [0.1, 0.15) is 0 Å². The van der Waals surface area contributed by atoms with Gasteiger partial charge in [0.15, 0.2) is 0 Å². The van der Waals surface area contributed by atoms with Crippen molar-refractivity contribution >= 4 is 5.69 Å². The van der Waals surface area contributed by atoms with Gasteiger partial charge in [0, 0.05) is 36.4 Å². The molecule has 0 unspecified atom stereocenters. The van der Waals surface area contributed by atoms with Gasteiger partial charge in [-0.3, -0.25) is 0 Å². The molecule has 2 atom stereocenters. The number of fused-ring (bicyclic) bond motifs is 2. The second-order valence-corrected chi connectivity index (χ2v) is 4.43. The van der Waals surface area contributed by atoms with E-state index in [1.54, 1.807) is 0 Å². The van der Waals surface area contributed by atoms with Crippen LogP contribution in [-0.4, -0.2) is 30.3 Å². The normalized spacial score (nSPS) is 28.7. The summed E-state index contributed by atoms with van der Waals surface area (Å²) >= 11 is 0. The van der Waals surface area contributed by atoms with Crippen molar-refractivity contribution in [1.82, 2.24) is 5.32 Å². The van der Waals surface area contributed by atoms with E-state index in [0.29, 0.717) is 12.1 Å². The zero-order valence-electron chi connectivity index (χ0n) is 8.69. The van der Waals surface area contributed by atoms with E-state index in [4.69, 9.17) is 0 Å². The molecule has 0 aliphatic carbocycles. The van der Waals surface area contributed by atoms with E-state index in [-0.39, 0.29) is 6.61 Å². The number of aliphatic hydroxyl groups excluding tert-OH is 1. The van der Waals surface area contributed by atoms with Crippen LogP contribution in [0, 0.1) is 0 Å². The predicted molar refractivity (Wildman–Crippen MR) is 59.9 cm³/mol. The third kappa shape index (κ3) is 1.43. The fourth-order valence-electron chi connectivity index (χ4n) is 2.78. The highest BCUT2D eigenvalue weighted by Gasteiger charge is 2.37. The minimum atomic E-state index is 0.136. The van der Waals surface area contributed by atoms with Crippen molar-refractivity contribution in [1.29, 1.82) is 0 Å². The summed E-state index contributed by atoms with van der Waals surface area (Å²) in [6.07, 6.45) is 1.25. The van der Waals surface area contributed by atoms with Crippen LogP contribution in [0.15, 0.2) is 24.3 Å². The summed E-state index contributed by atoms with van der Waals surface area (Å²) < 4.78 is 0. The quantitative estimate of drug-likeness (QED) is 0.745. The lowest BCUT2D eigenvalue weighted by atomic mass is 10.1. The molecule has 2 aliphatic heterocycles. The third-order valence-electron chi connectivity index (χ3n) is 3.53. The van der Waals surface area contributed by atoms with Crippen molar-refractivity contribution in [3.8, 4) is 0 Å². The van der Waals surface area contributed by atoms with Crippen molar-refractivity contribution < 1.29 is 5.11 Å². The average Bonchev–Trinajstić information content (AvgIpc) is 2.90. The van der Waals surface area contributed by atoms with E-state index < -0.39 is 0 Å². The fraction of sp³-hybridized carbons (Fsp3) is 0.500. The van der Waals surface area contributed by atoms with Crippen LogP contribution in [0.25, 0.3) is 0 Å². The smallest absolute Gasteiger partial charge is 0.0702 e. The van der Waals surface area contributed by atoms with Crippen molar-refractivity contribution in [2.24, 2.45) is 0 Å². The zero-order valence-corrected chi connectivity index (χ0v) is 8.69. The van der Waals surface area contributed by atoms with Crippen LogP contribution in [0.5, 0.6) is 0 Å². The van der Waals surface area contributed by atoms with Crippen molar-refractivity contribution in [2.75, 3.05) is 18.0 Å². The Hall–Kier alpha value is -1.06. The van der Waals surface area contributed by atoms with Gasteiger partial charge >= 0.3 is 0 Å². The monoisotopic (exact) mass is 204 g/mol. The Morgan fingerprint density at radius 2 is 2.27 bits per heavy atom. The van der Waals surface area contributed by atoms with Gasteiger partial charge in [-0.2, -0.15) is 0 Å². The van der Waals surface area contributed by atoms with E-state index >= 15 is 0 Å². The molecule has 2 saturated heterocycles. The highest BCUT2D eigenvalue weighted by atomic mass is 16.3. The fourth-order valence-corrected chi connectivity index (χ4v) is 2.78. The molecule has 2 aliphatic rings. The summed E-state index contributed by atoms with van der Waals surface area (Å²) in [4.78, 5) is 2.44. The summed E-state index contributed by atoms with van der Waals surface area (Å²) in [5, 5.41) is 12.8. The number of anilines is 1. The summed E-state index contributed by atoms with van der Waals surface area (Å²) in [6, 6.07) is 9.45. The lowest BCUT2D eigenvalue weighted by molar-refractivity contribution is 0.282. The Balaban J connectivity index is 1.92. The molecule has 0 spiro atoms. The number of piperazine rings is 1. The molecule has 0 radical (unpaired) electrons. The number of rotatable bonds is 2. The maximum absolute atomic E-state index is 9.31. The number of nitrogens with zero attached hydrogens (tertiary/aromatic N) is 1. The van der Waals surface area contributed by atoms with Gasteiger partial charge in [0.25, 0.3) is 0 Å². The minimum absolute atomic E-state index is 0.136. The Kier molecular flexibility index (Phi) is 2.15. The highest BCUT2D eigenvalue weighted by molar-refractivity contribution is 5.56. The van der Waals surface area contributed by atoms with E-state index in [0.717, 1.165) is 18.7 Å². The van der Waals surface area contributed by atoms with Crippen LogP contribution in [0.4, 0.5) is 5.69 Å². The minimum Gasteiger partial charge on any atom is -0.392 e. The van der Waals surface area contributed by atoms with Crippen LogP contribution >= 0.6 is 0 Å². The zero-order chi connectivity index (χ0) is 10.3. The first-order chi connectivity index (χ1) is 7.38. The van der Waals surface area contributed by atoms with Gasteiger partial charge < -0.3 is 15.3 Å². The first-order valence-corrected chi connectivity index (χ1v) is 5.57. The van der Waals surface area contributed by atoms with Gasteiger partial charge in [-0.05, 0) is 12.5 Å². The molecule has 15 heavy (non-hydrogen) atoms. The van der Waals surface area contributed by atoms with Crippen LogP contribution < -0.4 is 10.2 Å². The molecule has 2 N–H and O–H groups in total. The van der Waals surface area contributed by atoms with Crippen molar-refractivity contribution in [3.05, 3.63) is 29.8 Å². The standard InChI is InChI=1S/C12H16N2O/c15-8-9-3-1-2-4-12(9)14-7-10-5-11(14)6-13-10/h1-4,10-11,13,15H,5-8H2/t10-,11-/m0/s1. The van der Waals surface area contributed by atoms with E-state index in [2.05, 4.69) is 16.3 Å². The summed E-state index contributed by atoms with van der Waals surface area (Å²) in [7, 11) is 0. The Morgan fingerprint density at radius 3 is 2.93 bits per heavy atom. The summed E-state index contributed by atoms with van der Waals surface area (Å²) in [6.45, 7) is 2.31. The first-order valence-electron chi connectivity index (χ1n) is 5.57. The van der Waals surface area contributed by atoms with Gasteiger partial charge in [-0.25, -0.2) is 0 Å². The maximum atomic E-state index is 9.31. The van der Waals surface area contributed by atoms with Crippen LogP contribution in [-0.2, 0) is 6.61 Å². The average molecular weight is 204 g/mol. The molecule has 3 nitrogen and oxygen atoms in total. The molecule has 0 aromatic heterocycles. The van der Waals surface area contributed by atoms with Crippen molar-refractivity contribution in [3.63, 3.8) is 0 Å². The second-order valence-electron chi connectivity index (χ2n) is 4.43. The molecule has 2 heterocycles. The predicted octanol–water partition coefficient (Wildman–Crippen LogP) is 0.729. The Morgan fingerprint density at radius 1 is 1.40 bits per heavy atom. The topological polar surface area (TPSA) is 35.5 Å². The number of aliphatic hydroxyl groups is 1. The van der Waals surface area contributed by atoms with Crippen LogP contribution in [0.2, 0.25) is 0 Å². The van der Waals surface area contributed by atoms with E-state index in [1.165, 1.54) is 12.1 Å². The van der Waals surface area contributed by atoms with E-state index in [1.807, 2.05) is 18.2 Å². The van der Waals surface area contributed by atoms with Crippen LogP contribution in [0.1, 0.15) is 12.0 Å². The third-order valence-corrected chi connectivity index (χ3v) is 3.53. The number of nitrogens with one attached hydrogen (secondary N) is 1. The molecule has 2 bridgehead atoms. The molecular weight excluding hydrogens is 188 g/mol. The lowest BCUT2D eigenvalue weighted by Crippen LogP contribution is -2.44. The summed E-state index contributed by atoms with van der Waals surface area (Å²) in [5.74, 6) is 0. The Labute approximate surface area is 89.7 Å². The molecule has 2 fully saturated rings. The highest BCUT2D eigenvalue weighted by Crippen LogP contribution is 2.31. The molecule has 1 aromatic rings. The molecule has 3 rings (SSSR count). The van der Waals surface area contributed by atoms with Crippen molar-refractivity contribution in [2.45, 2.75) is 25.1 Å². The largest absolute Gasteiger partial charge is 0.392 e. The molecule has 0 saturated carbocycles. The van der Waals surface area contributed by atoms with Gasteiger partial charge in [-0.15, -0.1) is 0 Å². The van der Waals surface area contributed by atoms with Crippen LogP contribution in [0.3, 0.4) is 0 Å². The Bertz CT molecular complexity index is 366.